The molecule has 3 rings (SSSR count). The third-order valence-electron chi connectivity index (χ3n) is 4.72. The second kappa shape index (κ2) is 10.3. The summed E-state index contributed by atoms with van der Waals surface area (Å²) in [6.45, 7) is 6.24. The van der Waals surface area contributed by atoms with Gasteiger partial charge in [0.25, 0.3) is 11.8 Å². The maximum absolute atomic E-state index is 13.1. The number of hydrogen-bond acceptors (Lipinski definition) is 5. The topological polar surface area (TPSA) is 84.9 Å². The van der Waals surface area contributed by atoms with Crippen LogP contribution in [0.2, 0.25) is 0 Å². The molecule has 1 atom stereocenters. The molecule has 0 radical (unpaired) electrons. The van der Waals surface area contributed by atoms with E-state index in [4.69, 9.17) is 9.47 Å². The van der Waals surface area contributed by atoms with E-state index >= 15 is 0 Å². The van der Waals surface area contributed by atoms with Gasteiger partial charge >= 0.3 is 6.03 Å². The number of rotatable bonds is 7. The number of nitrogens with one attached hydrogen (secondary N) is 1. The fraction of sp³-hybridized carbons (Fsp3) is 0.261. The number of imide groups is 2. The highest BCUT2D eigenvalue weighted by molar-refractivity contribution is 9.10. The number of halogens is 2. The Labute approximate surface area is 203 Å². The molecule has 168 valence electrons. The molecule has 0 bridgehead atoms. The highest BCUT2D eigenvalue weighted by atomic mass is 79.9. The Morgan fingerprint density at radius 3 is 2.41 bits per heavy atom. The summed E-state index contributed by atoms with van der Waals surface area (Å²) >= 11 is 6.82. The maximum atomic E-state index is 13.1. The van der Waals surface area contributed by atoms with E-state index < -0.39 is 17.8 Å². The molecule has 1 fully saturated rings. The first kappa shape index (κ1) is 24.0. The van der Waals surface area contributed by atoms with Gasteiger partial charge in [0, 0.05) is 4.47 Å². The second-order valence-corrected chi connectivity index (χ2v) is 8.80. The summed E-state index contributed by atoms with van der Waals surface area (Å²) in [7, 11) is 0. The predicted molar refractivity (Wildman–Crippen MR) is 129 cm³/mol. The van der Waals surface area contributed by atoms with Crippen LogP contribution >= 0.6 is 31.9 Å². The van der Waals surface area contributed by atoms with Gasteiger partial charge in [0.1, 0.15) is 5.57 Å². The lowest BCUT2D eigenvalue weighted by Gasteiger charge is -2.26. The summed E-state index contributed by atoms with van der Waals surface area (Å²) in [5, 5.41) is 2.22. The van der Waals surface area contributed by atoms with Crippen molar-refractivity contribution in [3.05, 3.63) is 56.5 Å². The van der Waals surface area contributed by atoms with Crippen LogP contribution in [0.5, 0.6) is 11.5 Å². The van der Waals surface area contributed by atoms with E-state index in [0.717, 1.165) is 15.8 Å². The minimum Gasteiger partial charge on any atom is -0.490 e. The molecule has 2 aromatic rings. The Morgan fingerprint density at radius 2 is 1.78 bits per heavy atom. The normalized spacial score (nSPS) is 16.2. The molecule has 32 heavy (non-hydrogen) atoms. The molecule has 0 aliphatic carbocycles. The summed E-state index contributed by atoms with van der Waals surface area (Å²) in [6, 6.07) is 9.26. The highest BCUT2D eigenvalue weighted by Gasteiger charge is 2.36. The standard InChI is InChI=1S/C23H22Br2N2O5/c1-4-13(3)32-20-18(25)11-14(12-19(20)31-5-2)10-17-21(28)26-23(30)27(22(17)29)16-8-6-15(24)7-9-16/h6-13H,4-5H2,1-3H3,(H,26,28,30)/b17-10+/t13-/m0/s1. The molecule has 9 heteroatoms. The molecule has 0 spiro atoms. The number of carbonyl (C=O) groups excluding carboxylic acids is 3. The molecule has 1 N–H and O–H groups in total. The average molecular weight is 566 g/mol. The van der Waals surface area contributed by atoms with Crippen LogP contribution in [-0.2, 0) is 9.59 Å². The second-order valence-electron chi connectivity index (χ2n) is 7.03. The number of carbonyl (C=O) groups is 3. The fourth-order valence-electron chi connectivity index (χ4n) is 2.98. The zero-order valence-electron chi connectivity index (χ0n) is 17.8. The number of benzene rings is 2. The van der Waals surface area contributed by atoms with E-state index in [1.807, 2.05) is 20.8 Å². The monoisotopic (exact) mass is 564 g/mol. The number of urea groups is 1. The summed E-state index contributed by atoms with van der Waals surface area (Å²) < 4.78 is 13.1. The van der Waals surface area contributed by atoms with Crippen LogP contribution in [-0.4, -0.2) is 30.6 Å². The first-order valence-corrected chi connectivity index (χ1v) is 11.6. The average Bonchev–Trinajstić information content (AvgIpc) is 2.74. The van der Waals surface area contributed by atoms with E-state index in [1.165, 1.54) is 6.08 Å². The predicted octanol–water partition coefficient (Wildman–Crippen LogP) is 5.45. The van der Waals surface area contributed by atoms with Crippen LogP contribution in [0.4, 0.5) is 10.5 Å². The molecule has 1 saturated heterocycles. The van der Waals surface area contributed by atoms with Crippen molar-refractivity contribution < 1.29 is 23.9 Å². The van der Waals surface area contributed by atoms with Gasteiger partial charge in [-0.15, -0.1) is 0 Å². The van der Waals surface area contributed by atoms with Crippen LogP contribution in [0.25, 0.3) is 6.08 Å². The molecule has 2 aromatic carbocycles. The summed E-state index contributed by atoms with van der Waals surface area (Å²) in [5.74, 6) is -0.439. The van der Waals surface area contributed by atoms with Gasteiger partial charge in [-0.1, -0.05) is 22.9 Å². The quantitative estimate of drug-likeness (QED) is 0.356. The Balaban J connectivity index is 2.01. The van der Waals surface area contributed by atoms with Crippen LogP contribution in [0.15, 0.2) is 50.9 Å². The van der Waals surface area contributed by atoms with E-state index in [9.17, 15) is 14.4 Å². The largest absolute Gasteiger partial charge is 0.490 e. The van der Waals surface area contributed by atoms with Gasteiger partial charge in [-0.05, 0) is 84.2 Å². The number of anilines is 1. The van der Waals surface area contributed by atoms with Gasteiger partial charge in [0.15, 0.2) is 11.5 Å². The van der Waals surface area contributed by atoms with E-state index in [-0.39, 0.29) is 11.7 Å². The fourth-order valence-corrected chi connectivity index (χ4v) is 3.80. The SMILES string of the molecule is CCOc1cc(/C=C2\C(=O)NC(=O)N(c3ccc(Br)cc3)C2=O)cc(Br)c1O[C@@H](C)CC. The van der Waals surface area contributed by atoms with Crippen molar-refractivity contribution in [3.8, 4) is 11.5 Å². The lowest BCUT2D eigenvalue weighted by atomic mass is 10.1. The lowest BCUT2D eigenvalue weighted by molar-refractivity contribution is -0.122. The summed E-state index contributed by atoms with van der Waals surface area (Å²) in [6.07, 6.45) is 2.22. The zero-order valence-corrected chi connectivity index (χ0v) is 20.9. The summed E-state index contributed by atoms with van der Waals surface area (Å²) in [4.78, 5) is 38.8. The minimum atomic E-state index is -0.798. The first-order chi connectivity index (χ1) is 15.2. The van der Waals surface area contributed by atoms with Crippen LogP contribution in [0.3, 0.4) is 0 Å². The zero-order chi connectivity index (χ0) is 23.4. The van der Waals surface area contributed by atoms with Gasteiger partial charge in [-0.2, -0.15) is 0 Å². The number of barbiturate groups is 1. The van der Waals surface area contributed by atoms with Crippen molar-refractivity contribution in [2.45, 2.75) is 33.3 Å². The van der Waals surface area contributed by atoms with E-state index in [0.29, 0.717) is 33.8 Å². The lowest BCUT2D eigenvalue weighted by Crippen LogP contribution is -2.54. The molecule has 4 amide bonds. The first-order valence-electron chi connectivity index (χ1n) is 10.0. The number of hydrogen-bond donors (Lipinski definition) is 1. The molecule has 0 unspecified atom stereocenters. The molecular formula is C23H22Br2N2O5. The molecular weight excluding hydrogens is 544 g/mol. The van der Waals surface area contributed by atoms with Gasteiger partial charge in [0.2, 0.25) is 0 Å². The molecule has 1 heterocycles. The third kappa shape index (κ3) is 5.21. The van der Waals surface area contributed by atoms with E-state index in [1.54, 1.807) is 36.4 Å². The number of ether oxygens (including phenoxy) is 2. The smallest absolute Gasteiger partial charge is 0.335 e. The van der Waals surface area contributed by atoms with Gasteiger partial charge in [-0.25, -0.2) is 9.69 Å². The Morgan fingerprint density at radius 1 is 1.09 bits per heavy atom. The number of nitrogens with zero attached hydrogens (tertiary/aromatic N) is 1. The molecule has 1 aliphatic rings. The van der Waals surface area contributed by atoms with Crippen LogP contribution < -0.4 is 19.7 Å². The van der Waals surface area contributed by atoms with Gasteiger partial charge in [-0.3, -0.25) is 14.9 Å². The third-order valence-corrected chi connectivity index (χ3v) is 5.84. The highest BCUT2D eigenvalue weighted by Crippen LogP contribution is 2.38. The van der Waals surface area contributed by atoms with Gasteiger partial charge < -0.3 is 9.47 Å². The Hall–Kier alpha value is -2.65. The Kier molecular flexibility index (Phi) is 7.73. The minimum absolute atomic E-state index is 0.0223. The maximum Gasteiger partial charge on any atom is 0.335 e. The van der Waals surface area contributed by atoms with Crippen molar-refractivity contribution in [1.82, 2.24) is 5.32 Å². The summed E-state index contributed by atoms with van der Waals surface area (Å²) in [5.41, 5.74) is 0.723. The molecule has 0 saturated carbocycles. The van der Waals surface area contributed by atoms with Crippen molar-refractivity contribution in [3.63, 3.8) is 0 Å². The van der Waals surface area contributed by atoms with Crippen molar-refractivity contribution in [2.24, 2.45) is 0 Å². The van der Waals surface area contributed by atoms with Crippen molar-refractivity contribution in [1.29, 1.82) is 0 Å². The van der Waals surface area contributed by atoms with Crippen LogP contribution in [0.1, 0.15) is 32.8 Å². The molecule has 0 aromatic heterocycles. The Bertz CT molecular complexity index is 1080. The molecule has 1 aliphatic heterocycles. The van der Waals surface area contributed by atoms with Gasteiger partial charge in [0.05, 0.1) is 22.9 Å². The number of amides is 4. The van der Waals surface area contributed by atoms with Crippen LogP contribution in [0, 0.1) is 0 Å². The van der Waals surface area contributed by atoms with Crippen molar-refractivity contribution in [2.75, 3.05) is 11.5 Å². The molecule has 7 nitrogen and oxygen atoms in total. The van der Waals surface area contributed by atoms with Crippen molar-refractivity contribution >= 4 is 61.5 Å². The van der Waals surface area contributed by atoms with E-state index in [2.05, 4.69) is 37.2 Å².